The fraction of sp³-hybridized carbons (Fsp3) is 0.353. The number of aromatic nitrogens is 2. The molecule has 1 aromatic heterocycles. The zero-order valence-corrected chi connectivity index (χ0v) is 14.1. The van der Waals surface area contributed by atoms with Crippen LogP contribution in [0.5, 0.6) is 0 Å². The monoisotopic (exact) mass is 341 g/mol. The summed E-state index contributed by atoms with van der Waals surface area (Å²) in [5, 5.41) is 3.57. The lowest BCUT2D eigenvalue weighted by Crippen LogP contribution is -2.30. The molecule has 0 radical (unpaired) electrons. The number of nitrogens with zero attached hydrogens (tertiary/aromatic N) is 2. The van der Waals surface area contributed by atoms with Crippen LogP contribution >= 0.6 is 23.5 Å². The summed E-state index contributed by atoms with van der Waals surface area (Å²) in [6, 6.07) is 6.27. The van der Waals surface area contributed by atoms with Crippen LogP contribution in [0.25, 0.3) is 11.0 Å². The van der Waals surface area contributed by atoms with Crippen LogP contribution in [0.3, 0.4) is 0 Å². The summed E-state index contributed by atoms with van der Waals surface area (Å²) in [5.74, 6) is 1.50. The maximum absolute atomic E-state index is 12.7. The van der Waals surface area contributed by atoms with Crippen molar-refractivity contribution in [2.45, 2.75) is 31.6 Å². The van der Waals surface area contributed by atoms with Gasteiger partial charge in [0.1, 0.15) is 11.0 Å². The van der Waals surface area contributed by atoms with E-state index < -0.39 is 0 Å². The van der Waals surface area contributed by atoms with Crippen molar-refractivity contribution in [2.24, 2.45) is 0 Å². The number of nitrogens with one attached hydrogen (secondary N) is 1. The predicted molar refractivity (Wildman–Crippen MR) is 93.3 cm³/mol. The standard InChI is InChI=1S/C17H15N3OS2/c21-14-3-1-2-11-16(14)15(17-12(18-11)6-7-22-17)9-4-5-10-13(8-9)20-23-19-10/h4-5,8,15,18H,1-3,6-7H2. The Morgan fingerprint density at radius 1 is 1.09 bits per heavy atom. The van der Waals surface area contributed by atoms with Crippen molar-refractivity contribution >= 4 is 40.3 Å². The molecule has 1 aromatic carbocycles. The van der Waals surface area contributed by atoms with E-state index in [1.807, 2.05) is 17.8 Å². The lowest BCUT2D eigenvalue weighted by molar-refractivity contribution is -0.116. The molecule has 0 bridgehead atoms. The largest absolute Gasteiger partial charge is 0.361 e. The van der Waals surface area contributed by atoms with Crippen molar-refractivity contribution in [3.05, 3.63) is 45.6 Å². The van der Waals surface area contributed by atoms with Crippen LogP contribution < -0.4 is 5.32 Å². The first-order valence-corrected chi connectivity index (χ1v) is 9.64. The second-order valence-corrected chi connectivity index (χ2v) is 7.85. The Hall–Kier alpha value is -1.66. The summed E-state index contributed by atoms with van der Waals surface area (Å²) in [6.45, 7) is 0. The predicted octanol–water partition coefficient (Wildman–Crippen LogP) is 3.73. The van der Waals surface area contributed by atoms with Crippen LogP contribution in [-0.4, -0.2) is 20.3 Å². The minimum Gasteiger partial charge on any atom is -0.361 e. The topological polar surface area (TPSA) is 54.9 Å². The van der Waals surface area contributed by atoms with Gasteiger partial charge in [-0.05, 0) is 37.0 Å². The summed E-state index contributed by atoms with van der Waals surface area (Å²) in [7, 11) is 0. The summed E-state index contributed by atoms with van der Waals surface area (Å²) in [4.78, 5) is 14.0. The van der Waals surface area contributed by atoms with Gasteiger partial charge in [0, 0.05) is 40.0 Å². The molecule has 1 aliphatic carbocycles. The SMILES string of the molecule is O=C1CCCC2=C1C(c1ccc3nsnc3c1)C1=C(CCS1)N2. The smallest absolute Gasteiger partial charge is 0.161 e. The van der Waals surface area contributed by atoms with Crippen LogP contribution in [0, 0.1) is 0 Å². The Labute approximate surface area is 142 Å². The summed E-state index contributed by atoms with van der Waals surface area (Å²) in [6.07, 6.45) is 3.69. The van der Waals surface area contributed by atoms with Crippen LogP contribution in [0.2, 0.25) is 0 Å². The number of allylic oxidation sites excluding steroid dienone is 4. The molecule has 5 rings (SSSR count). The Balaban J connectivity index is 1.70. The van der Waals surface area contributed by atoms with Gasteiger partial charge in [-0.3, -0.25) is 4.79 Å². The van der Waals surface area contributed by atoms with E-state index in [1.165, 1.54) is 27.9 Å². The van der Waals surface area contributed by atoms with Crippen molar-refractivity contribution in [1.29, 1.82) is 0 Å². The molecule has 0 spiro atoms. The molecule has 4 nitrogen and oxygen atoms in total. The first-order chi connectivity index (χ1) is 11.3. The summed E-state index contributed by atoms with van der Waals surface area (Å²) in [5.41, 5.74) is 6.52. The first-order valence-electron chi connectivity index (χ1n) is 7.92. The maximum Gasteiger partial charge on any atom is 0.161 e. The Morgan fingerprint density at radius 3 is 2.96 bits per heavy atom. The Morgan fingerprint density at radius 2 is 2.00 bits per heavy atom. The van der Waals surface area contributed by atoms with Gasteiger partial charge in [-0.25, -0.2) is 0 Å². The molecule has 6 heteroatoms. The number of thioether (sulfide) groups is 1. The van der Waals surface area contributed by atoms with Gasteiger partial charge in [0.15, 0.2) is 5.78 Å². The zero-order valence-electron chi connectivity index (χ0n) is 12.5. The molecule has 3 heterocycles. The minimum absolute atomic E-state index is 0.0904. The number of hydrogen-bond acceptors (Lipinski definition) is 6. The molecule has 2 aromatic rings. The molecular formula is C17H15N3OS2. The third-order valence-corrected chi connectivity index (χ3v) is 6.59. The average Bonchev–Trinajstić information content (AvgIpc) is 3.21. The molecule has 1 N–H and O–H groups in total. The van der Waals surface area contributed by atoms with Gasteiger partial charge in [0.2, 0.25) is 0 Å². The highest BCUT2D eigenvalue weighted by molar-refractivity contribution is 8.03. The highest BCUT2D eigenvalue weighted by Crippen LogP contribution is 2.50. The number of benzene rings is 1. The quantitative estimate of drug-likeness (QED) is 0.856. The molecule has 23 heavy (non-hydrogen) atoms. The van der Waals surface area contributed by atoms with Gasteiger partial charge in [-0.1, -0.05) is 6.07 Å². The molecule has 1 unspecified atom stereocenters. The van der Waals surface area contributed by atoms with E-state index in [0.717, 1.165) is 47.3 Å². The van der Waals surface area contributed by atoms with Gasteiger partial charge in [0.25, 0.3) is 0 Å². The lowest BCUT2D eigenvalue weighted by Gasteiger charge is -2.33. The van der Waals surface area contributed by atoms with E-state index in [0.29, 0.717) is 12.2 Å². The lowest BCUT2D eigenvalue weighted by atomic mass is 9.79. The van der Waals surface area contributed by atoms with Crippen LogP contribution in [0.4, 0.5) is 0 Å². The molecule has 0 saturated heterocycles. The minimum atomic E-state index is 0.0904. The van der Waals surface area contributed by atoms with Crippen LogP contribution in [0.15, 0.2) is 40.1 Å². The average molecular weight is 341 g/mol. The number of fused-ring (bicyclic) bond motifs is 1. The number of dihydropyridines is 1. The van der Waals surface area contributed by atoms with E-state index in [2.05, 4.69) is 26.2 Å². The van der Waals surface area contributed by atoms with Crippen LogP contribution in [-0.2, 0) is 4.79 Å². The Bertz CT molecular complexity index is 896. The molecule has 1 atom stereocenters. The molecule has 116 valence electrons. The third kappa shape index (κ3) is 2.08. The normalized spacial score (nSPS) is 24.0. The van der Waals surface area contributed by atoms with Crippen molar-refractivity contribution in [3.63, 3.8) is 0 Å². The van der Waals surface area contributed by atoms with Gasteiger partial charge >= 0.3 is 0 Å². The highest BCUT2D eigenvalue weighted by atomic mass is 32.2. The zero-order chi connectivity index (χ0) is 15.4. The number of ketones is 1. The van der Waals surface area contributed by atoms with Crippen molar-refractivity contribution in [2.75, 3.05) is 5.75 Å². The maximum atomic E-state index is 12.7. The molecular weight excluding hydrogens is 326 g/mol. The molecule has 2 aliphatic heterocycles. The second kappa shape index (κ2) is 5.18. The van der Waals surface area contributed by atoms with Gasteiger partial charge < -0.3 is 5.32 Å². The number of Topliss-reactive ketones (excluding diaryl/α,β-unsaturated/α-hetero) is 1. The van der Waals surface area contributed by atoms with E-state index in [-0.39, 0.29) is 5.92 Å². The fourth-order valence-electron chi connectivity index (χ4n) is 3.79. The number of hydrogen-bond donors (Lipinski definition) is 1. The van der Waals surface area contributed by atoms with E-state index in [4.69, 9.17) is 0 Å². The highest BCUT2D eigenvalue weighted by Gasteiger charge is 2.38. The van der Waals surface area contributed by atoms with Gasteiger partial charge in [-0.2, -0.15) is 8.75 Å². The summed E-state index contributed by atoms with van der Waals surface area (Å²) >= 11 is 3.13. The van der Waals surface area contributed by atoms with E-state index >= 15 is 0 Å². The molecule has 0 amide bonds. The number of rotatable bonds is 1. The third-order valence-electron chi connectivity index (χ3n) is 4.83. The van der Waals surface area contributed by atoms with E-state index in [9.17, 15) is 4.79 Å². The number of carbonyl (C=O) groups is 1. The van der Waals surface area contributed by atoms with Gasteiger partial charge in [0.05, 0.1) is 11.7 Å². The molecule has 0 fully saturated rings. The van der Waals surface area contributed by atoms with Crippen LogP contribution in [0.1, 0.15) is 37.2 Å². The summed E-state index contributed by atoms with van der Waals surface area (Å²) < 4.78 is 8.66. The molecule has 3 aliphatic rings. The van der Waals surface area contributed by atoms with Crippen molar-refractivity contribution < 1.29 is 4.79 Å². The van der Waals surface area contributed by atoms with Crippen molar-refractivity contribution in [3.8, 4) is 0 Å². The van der Waals surface area contributed by atoms with Crippen molar-refractivity contribution in [1.82, 2.24) is 14.1 Å². The molecule has 0 saturated carbocycles. The van der Waals surface area contributed by atoms with E-state index in [1.54, 1.807) is 0 Å². The van der Waals surface area contributed by atoms with Gasteiger partial charge in [-0.15, -0.1) is 11.8 Å². The first kappa shape index (κ1) is 13.7. The fourth-order valence-corrected chi connectivity index (χ4v) is 5.58. The number of carbonyl (C=O) groups excluding carboxylic acids is 1. The second-order valence-electron chi connectivity index (χ2n) is 6.18. The Kier molecular flexibility index (Phi) is 3.09.